The molecule has 0 bridgehead atoms. The summed E-state index contributed by atoms with van der Waals surface area (Å²) in [6.07, 6.45) is 2.02. The second-order valence-corrected chi connectivity index (χ2v) is 2.95. The molecule has 1 rings (SSSR count). The quantitative estimate of drug-likeness (QED) is 0.697. The van der Waals surface area contributed by atoms with Gasteiger partial charge in [0.15, 0.2) is 0 Å². The first-order chi connectivity index (χ1) is 6.63. The van der Waals surface area contributed by atoms with E-state index >= 15 is 0 Å². The first-order valence-corrected chi connectivity index (χ1v) is 4.24. The Bertz CT molecular complexity index is 333. The Morgan fingerprint density at radius 3 is 3.14 bits per heavy atom. The Labute approximate surface area is 81.9 Å². The van der Waals surface area contributed by atoms with Crippen LogP contribution in [0.5, 0.6) is 0 Å². The minimum absolute atomic E-state index is 0.305. The predicted molar refractivity (Wildman–Crippen MR) is 52.7 cm³/mol. The summed E-state index contributed by atoms with van der Waals surface area (Å²) in [5, 5.41) is 6.13. The molecular formula is C9H13N3O2. The zero-order valence-corrected chi connectivity index (χ0v) is 7.99. The van der Waals surface area contributed by atoms with E-state index in [1.54, 1.807) is 19.1 Å². The van der Waals surface area contributed by atoms with E-state index in [-0.39, 0.29) is 5.91 Å². The number of carbonyl (C=O) groups excluding carboxylic acids is 1. The largest absolute Gasteiger partial charge is 0.338 e. The molecule has 5 nitrogen and oxygen atoms in total. The zero-order chi connectivity index (χ0) is 10.6. The third-order valence-corrected chi connectivity index (χ3v) is 1.63. The molecule has 1 aromatic rings. The number of hydrogen-bond acceptors (Lipinski definition) is 4. The van der Waals surface area contributed by atoms with Gasteiger partial charge in [-0.15, -0.1) is 6.58 Å². The number of carbonyl (C=O) groups is 1. The Hall–Kier alpha value is -1.62. The molecule has 1 unspecified atom stereocenters. The van der Waals surface area contributed by atoms with Crippen LogP contribution in [0.15, 0.2) is 23.2 Å². The van der Waals surface area contributed by atoms with Crippen molar-refractivity contribution in [2.75, 3.05) is 5.32 Å². The molecule has 0 aliphatic rings. The monoisotopic (exact) mass is 195 g/mol. The topological polar surface area (TPSA) is 81.2 Å². The van der Waals surface area contributed by atoms with Crippen LogP contribution in [0.2, 0.25) is 0 Å². The molecule has 0 spiro atoms. The van der Waals surface area contributed by atoms with Crippen LogP contribution in [0.4, 0.5) is 5.88 Å². The summed E-state index contributed by atoms with van der Waals surface area (Å²) in [5.41, 5.74) is 6.24. The molecule has 0 aliphatic carbocycles. The summed E-state index contributed by atoms with van der Waals surface area (Å²) in [4.78, 5) is 11.3. The Kier molecular flexibility index (Phi) is 3.41. The Balaban J connectivity index is 2.52. The van der Waals surface area contributed by atoms with Gasteiger partial charge >= 0.3 is 0 Å². The van der Waals surface area contributed by atoms with Crippen molar-refractivity contribution in [2.45, 2.75) is 19.4 Å². The second kappa shape index (κ2) is 4.57. The molecule has 0 saturated heterocycles. The number of anilines is 1. The van der Waals surface area contributed by atoms with E-state index in [4.69, 9.17) is 10.3 Å². The lowest BCUT2D eigenvalue weighted by molar-refractivity contribution is -0.117. The van der Waals surface area contributed by atoms with Crippen LogP contribution in [-0.2, 0) is 4.79 Å². The maximum Gasteiger partial charge on any atom is 0.243 e. The van der Waals surface area contributed by atoms with Gasteiger partial charge in [0.05, 0.1) is 11.7 Å². The lowest BCUT2D eigenvalue weighted by atomic mass is 10.2. The molecule has 1 heterocycles. The van der Waals surface area contributed by atoms with E-state index in [9.17, 15) is 4.79 Å². The minimum atomic E-state index is -0.599. The number of nitrogens with two attached hydrogens (primary N) is 1. The number of aromatic nitrogens is 1. The van der Waals surface area contributed by atoms with Gasteiger partial charge in [0.25, 0.3) is 0 Å². The highest BCUT2D eigenvalue weighted by Crippen LogP contribution is 2.08. The predicted octanol–water partition coefficient (Wildman–Crippen LogP) is 0.825. The molecule has 1 atom stereocenters. The van der Waals surface area contributed by atoms with E-state index < -0.39 is 6.04 Å². The van der Waals surface area contributed by atoms with Gasteiger partial charge in [0.2, 0.25) is 11.8 Å². The molecule has 5 heteroatoms. The van der Waals surface area contributed by atoms with Crippen molar-refractivity contribution >= 4 is 11.8 Å². The van der Waals surface area contributed by atoms with Crippen molar-refractivity contribution in [3.05, 3.63) is 24.4 Å². The molecule has 0 aromatic carbocycles. The standard InChI is InChI=1S/C9H13N3O2/c1-3-4-7(10)9(13)11-8-5-6(2)12-14-8/h3,5,7H,1,4,10H2,2H3,(H,11,13). The van der Waals surface area contributed by atoms with E-state index in [0.29, 0.717) is 18.0 Å². The summed E-state index contributed by atoms with van der Waals surface area (Å²) in [6, 6.07) is 1.02. The second-order valence-electron chi connectivity index (χ2n) is 2.95. The molecule has 3 N–H and O–H groups in total. The van der Waals surface area contributed by atoms with Crippen LogP contribution in [0, 0.1) is 6.92 Å². The number of hydrogen-bond donors (Lipinski definition) is 2. The number of nitrogens with one attached hydrogen (secondary N) is 1. The number of aryl methyl sites for hydroxylation is 1. The summed E-state index contributed by atoms with van der Waals surface area (Å²) in [5.74, 6) is 0.00747. The van der Waals surface area contributed by atoms with E-state index in [2.05, 4.69) is 17.1 Å². The van der Waals surface area contributed by atoms with Gasteiger partial charge in [-0.2, -0.15) is 0 Å². The normalized spacial score (nSPS) is 12.1. The van der Waals surface area contributed by atoms with Crippen LogP contribution in [0.1, 0.15) is 12.1 Å². The molecule has 14 heavy (non-hydrogen) atoms. The smallest absolute Gasteiger partial charge is 0.243 e. The average molecular weight is 195 g/mol. The lowest BCUT2D eigenvalue weighted by Gasteiger charge is -2.06. The van der Waals surface area contributed by atoms with Gasteiger partial charge in [0, 0.05) is 6.07 Å². The third-order valence-electron chi connectivity index (χ3n) is 1.63. The fourth-order valence-electron chi connectivity index (χ4n) is 0.923. The Morgan fingerprint density at radius 2 is 2.64 bits per heavy atom. The fourth-order valence-corrected chi connectivity index (χ4v) is 0.923. The van der Waals surface area contributed by atoms with Crippen molar-refractivity contribution in [1.82, 2.24) is 5.16 Å². The molecular weight excluding hydrogens is 182 g/mol. The summed E-state index contributed by atoms with van der Waals surface area (Å²) in [6.45, 7) is 5.27. The Morgan fingerprint density at radius 1 is 1.93 bits per heavy atom. The minimum Gasteiger partial charge on any atom is -0.338 e. The van der Waals surface area contributed by atoms with Gasteiger partial charge in [-0.1, -0.05) is 11.2 Å². The van der Waals surface area contributed by atoms with Gasteiger partial charge in [-0.25, -0.2) is 0 Å². The maximum atomic E-state index is 11.3. The highest BCUT2D eigenvalue weighted by atomic mass is 16.5. The number of nitrogens with zero attached hydrogens (tertiary/aromatic N) is 1. The van der Waals surface area contributed by atoms with Gasteiger partial charge in [-0.05, 0) is 13.3 Å². The number of rotatable bonds is 4. The van der Waals surface area contributed by atoms with Crippen molar-refractivity contribution in [1.29, 1.82) is 0 Å². The van der Waals surface area contributed by atoms with Crippen molar-refractivity contribution in [3.63, 3.8) is 0 Å². The van der Waals surface area contributed by atoms with Crippen molar-refractivity contribution < 1.29 is 9.32 Å². The van der Waals surface area contributed by atoms with Crippen LogP contribution in [-0.4, -0.2) is 17.1 Å². The third kappa shape index (κ3) is 2.70. The molecule has 0 saturated carbocycles. The van der Waals surface area contributed by atoms with Crippen LogP contribution >= 0.6 is 0 Å². The van der Waals surface area contributed by atoms with E-state index in [1.807, 2.05) is 0 Å². The van der Waals surface area contributed by atoms with Gasteiger partial charge < -0.3 is 10.3 Å². The summed E-state index contributed by atoms with van der Waals surface area (Å²) in [7, 11) is 0. The highest BCUT2D eigenvalue weighted by Gasteiger charge is 2.13. The first kappa shape index (κ1) is 10.5. The SMILES string of the molecule is C=CCC(N)C(=O)Nc1cc(C)no1. The van der Waals surface area contributed by atoms with E-state index in [0.717, 1.165) is 0 Å². The van der Waals surface area contributed by atoms with Crippen LogP contribution in [0.3, 0.4) is 0 Å². The lowest BCUT2D eigenvalue weighted by Crippen LogP contribution is -2.34. The van der Waals surface area contributed by atoms with Crippen molar-refractivity contribution in [2.24, 2.45) is 5.73 Å². The highest BCUT2D eigenvalue weighted by molar-refractivity contribution is 5.93. The van der Waals surface area contributed by atoms with Crippen molar-refractivity contribution in [3.8, 4) is 0 Å². The fraction of sp³-hybridized carbons (Fsp3) is 0.333. The molecule has 76 valence electrons. The van der Waals surface area contributed by atoms with Gasteiger partial charge in [0.1, 0.15) is 0 Å². The molecule has 0 aliphatic heterocycles. The average Bonchev–Trinajstić information content (AvgIpc) is 2.51. The maximum absolute atomic E-state index is 11.3. The summed E-state index contributed by atoms with van der Waals surface area (Å²) < 4.78 is 4.80. The van der Waals surface area contributed by atoms with Crippen LogP contribution < -0.4 is 11.1 Å². The number of amides is 1. The molecule has 1 amide bonds. The molecule has 0 fully saturated rings. The molecule has 1 aromatic heterocycles. The molecule has 0 radical (unpaired) electrons. The van der Waals surface area contributed by atoms with E-state index in [1.165, 1.54) is 0 Å². The van der Waals surface area contributed by atoms with Crippen LogP contribution in [0.25, 0.3) is 0 Å². The van der Waals surface area contributed by atoms with Gasteiger partial charge in [-0.3, -0.25) is 10.1 Å². The first-order valence-electron chi connectivity index (χ1n) is 4.24. The summed E-state index contributed by atoms with van der Waals surface area (Å²) >= 11 is 0. The zero-order valence-electron chi connectivity index (χ0n) is 7.99.